The Balaban J connectivity index is 2.39. The van der Waals surface area contributed by atoms with Crippen molar-refractivity contribution in [2.75, 3.05) is 13.2 Å². The molecular weight excluding hydrogens is 281 g/mol. The van der Waals surface area contributed by atoms with E-state index in [0.717, 1.165) is 4.57 Å². The second kappa shape index (κ2) is 5.80. The number of hydrogen-bond acceptors (Lipinski definition) is 5. The Morgan fingerprint density at radius 2 is 2.43 bits per heavy atom. The van der Waals surface area contributed by atoms with Crippen LogP contribution in [0.15, 0.2) is 22.2 Å². The van der Waals surface area contributed by atoms with Gasteiger partial charge < -0.3 is 9.84 Å². The number of azide groups is 1. The molecule has 9 heteroatoms. The molecule has 0 radical (unpaired) electrons. The number of aliphatic hydroxyl groups is 1. The van der Waals surface area contributed by atoms with Gasteiger partial charge in [0.05, 0.1) is 13.2 Å². The first-order valence-corrected chi connectivity index (χ1v) is 6.44. The number of aliphatic hydroxyl groups excluding tert-OH is 1. The lowest BCUT2D eigenvalue weighted by molar-refractivity contribution is -0.108. The molecule has 0 aliphatic carbocycles. The maximum Gasteiger partial charge on any atom is 0.349 e. The van der Waals surface area contributed by atoms with E-state index in [4.69, 9.17) is 10.3 Å². The quantitative estimate of drug-likeness (QED) is 0.509. The summed E-state index contributed by atoms with van der Waals surface area (Å²) in [6.45, 7) is 2.46. The van der Waals surface area contributed by atoms with Crippen molar-refractivity contribution in [2.45, 2.75) is 31.8 Å². The second-order valence-corrected chi connectivity index (χ2v) is 5.11. The number of nitrogens with zero attached hydrogens (tertiary/aromatic N) is 5. The van der Waals surface area contributed by atoms with Gasteiger partial charge in [-0.3, -0.25) is 4.57 Å². The van der Waals surface area contributed by atoms with Gasteiger partial charge in [-0.15, -0.1) is 0 Å². The normalized spacial score (nSPS) is 31.9. The van der Waals surface area contributed by atoms with Crippen LogP contribution in [0.25, 0.3) is 10.4 Å². The zero-order valence-electron chi connectivity index (χ0n) is 11.7. The van der Waals surface area contributed by atoms with Gasteiger partial charge in [0.15, 0.2) is 12.4 Å². The summed E-state index contributed by atoms with van der Waals surface area (Å²) in [5.74, 6) is -0.744. The molecule has 0 unspecified atom stereocenters. The molecule has 0 spiro atoms. The van der Waals surface area contributed by atoms with Gasteiger partial charge in [0.2, 0.25) is 0 Å². The molecule has 21 heavy (non-hydrogen) atoms. The predicted molar refractivity (Wildman–Crippen MR) is 71.2 cm³/mol. The lowest BCUT2D eigenvalue weighted by Gasteiger charge is -2.28. The summed E-state index contributed by atoms with van der Waals surface area (Å²) >= 11 is 0. The van der Waals surface area contributed by atoms with Crippen molar-refractivity contribution in [1.82, 2.24) is 9.55 Å². The van der Waals surface area contributed by atoms with Gasteiger partial charge in [-0.2, -0.15) is 4.98 Å². The highest BCUT2D eigenvalue weighted by Gasteiger charge is 2.53. The predicted octanol–water partition coefficient (Wildman–Crippen LogP) is 1.10. The lowest BCUT2D eigenvalue weighted by Crippen LogP contribution is -2.43. The van der Waals surface area contributed by atoms with Crippen molar-refractivity contribution >= 4 is 0 Å². The molecule has 2 heterocycles. The van der Waals surface area contributed by atoms with Crippen molar-refractivity contribution in [2.24, 2.45) is 11.0 Å². The van der Waals surface area contributed by atoms with Crippen molar-refractivity contribution < 1.29 is 14.2 Å². The molecule has 8 nitrogen and oxygen atoms in total. The Bertz CT molecular complexity index is 630. The van der Waals surface area contributed by atoms with Crippen LogP contribution in [0.1, 0.15) is 18.8 Å². The number of alkyl halides is 1. The van der Waals surface area contributed by atoms with E-state index in [2.05, 4.69) is 15.0 Å². The highest BCUT2D eigenvalue weighted by molar-refractivity contribution is 5.03. The summed E-state index contributed by atoms with van der Waals surface area (Å²) in [5, 5.41) is 12.9. The van der Waals surface area contributed by atoms with Crippen LogP contribution in [0.3, 0.4) is 0 Å². The fourth-order valence-corrected chi connectivity index (χ4v) is 2.42. The monoisotopic (exact) mass is 297 g/mol. The molecule has 0 bridgehead atoms. The fourth-order valence-electron chi connectivity index (χ4n) is 2.42. The minimum absolute atomic E-state index is 0.216. The largest absolute Gasteiger partial charge is 0.393 e. The molecule has 1 aromatic heterocycles. The summed E-state index contributed by atoms with van der Waals surface area (Å²) in [4.78, 5) is 18.2. The lowest BCUT2D eigenvalue weighted by atomic mass is 9.88. The van der Waals surface area contributed by atoms with Crippen molar-refractivity contribution in [3.8, 4) is 0 Å². The average Bonchev–Trinajstić information content (AvgIpc) is 2.71. The van der Waals surface area contributed by atoms with Gasteiger partial charge in [-0.05, 0) is 18.5 Å². The van der Waals surface area contributed by atoms with Gasteiger partial charge in [0.1, 0.15) is 5.60 Å². The van der Waals surface area contributed by atoms with Crippen LogP contribution in [0.5, 0.6) is 0 Å². The highest BCUT2D eigenvalue weighted by Crippen LogP contribution is 2.42. The Morgan fingerprint density at radius 1 is 1.71 bits per heavy atom. The van der Waals surface area contributed by atoms with E-state index in [0.29, 0.717) is 5.69 Å². The Morgan fingerprint density at radius 3 is 3.00 bits per heavy atom. The molecule has 1 aliphatic rings. The molecule has 0 aromatic carbocycles. The molecule has 1 N–H and O–H groups in total. The third-order valence-electron chi connectivity index (χ3n) is 3.85. The summed E-state index contributed by atoms with van der Waals surface area (Å²) in [6.07, 6.45) is -1.34. The van der Waals surface area contributed by atoms with Crippen molar-refractivity contribution in [3.63, 3.8) is 0 Å². The second-order valence-electron chi connectivity index (χ2n) is 5.11. The number of rotatable bonds is 4. The van der Waals surface area contributed by atoms with E-state index in [-0.39, 0.29) is 6.54 Å². The van der Waals surface area contributed by atoms with Crippen LogP contribution < -0.4 is 5.69 Å². The summed E-state index contributed by atoms with van der Waals surface area (Å²) in [7, 11) is 0. The number of hydrogen-bond donors (Lipinski definition) is 1. The van der Waals surface area contributed by atoms with Crippen LogP contribution in [0.4, 0.5) is 4.39 Å². The topological polar surface area (TPSA) is 113 Å². The Labute approximate surface area is 119 Å². The van der Waals surface area contributed by atoms with E-state index < -0.39 is 36.2 Å². The van der Waals surface area contributed by atoms with Gasteiger partial charge in [-0.25, -0.2) is 9.18 Å². The number of ether oxygens (including phenoxy) is 1. The highest BCUT2D eigenvalue weighted by atomic mass is 19.1. The van der Waals surface area contributed by atoms with E-state index in [9.17, 15) is 14.3 Å². The maximum atomic E-state index is 14.5. The zero-order chi connectivity index (χ0) is 15.6. The van der Waals surface area contributed by atoms with Crippen LogP contribution in [0.2, 0.25) is 0 Å². The van der Waals surface area contributed by atoms with Crippen LogP contribution >= 0.6 is 0 Å². The van der Waals surface area contributed by atoms with E-state index >= 15 is 0 Å². The number of aromatic nitrogens is 2. The van der Waals surface area contributed by atoms with Gasteiger partial charge >= 0.3 is 5.69 Å². The summed E-state index contributed by atoms with van der Waals surface area (Å²) < 4.78 is 21.1. The summed E-state index contributed by atoms with van der Waals surface area (Å²) in [6, 6.07) is 1.56. The first kappa shape index (κ1) is 15.4. The Hall–Kier alpha value is -1.96. The first-order valence-electron chi connectivity index (χ1n) is 6.44. The smallest absolute Gasteiger partial charge is 0.349 e. The molecular formula is C12H16FN5O3. The van der Waals surface area contributed by atoms with E-state index in [1.54, 1.807) is 19.9 Å². The van der Waals surface area contributed by atoms with E-state index in [1.807, 2.05) is 0 Å². The maximum absolute atomic E-state index is 14.5. The van der Waals surface area contributed by atoms with Gasteiger partial charge in [-0.1, -0.05) is 12.0 Å². The average molecular weight is 297 g/mol. The molecule has 1 saturated heterocycles. The van der Waals surface area contributed by atoms with Crippen LogP contribution in [0, 0.1) is 12.8 Å². The molecule has 1 fully saturated rings. The molecule has 0 amide bonds. The molecule has 0 saturated carbocycles. The van der Waals surface area contributed by atoms with Gasteiger partial charge in [0, 0.05) is 22.7 Å². The molecule has 2 rings (SSSR count). The first-order chi connectivity index (χ1) is 9.95. The molecule has 4 atom stereocenters. The minimum atomic E-state index is -1.53. The minimum Gasteiger partial charge on any atom is -0.393 e. The Kier molecular flexibility index (Phi) is 4.26. The number of halogens is 1. The van der Waals surface area contributed by atoms with Crippen LogP contribution in [-0.2, 0) is 4.74 Å². The molecule has 114 valence electrons. The fraction of sp³-hybridized carbons (Fsp3) is 0.667. The molecule has 1 aliphatic heterocycles. The summed E-state index contributed by atoms with van der Waals surface area (Å²) in [5.41, 5.74) is 6.94. The van der Waals surface area contributed by atoms with Crippen LogP contribution in [-0.4, -0.2) is 39.6 Å². The number of aryl methyl sites for hydroxylation is 1. The third-order valence-corrected chi connectivity index (χ3v) is 3.85. The zero-order valence-corrected chi connectivity index (χ0v) is 11.7. The third kappa shape index (κ3) is 2.63. The van der Waals surface area contributed by atoms with Crippen molar-refractivity contribution in [3.05, 3.63) is 38.9 Å². The van der Waals surface area contributed by atoms with E-state index in [1.165, 1.54) is 6.20 Å². The van der Waals surface area contributed by atoms with Gasteiger partial charge in [0.25, 0.3) is 0 Å². The van der Waals surface area contributed by atoms with Crippen molar-refractivity contribution in [1.29, 1.82) is 0 Å². The molecule has 1 aromatic rings. The standard InChI is InChI=1S/C12H16FN5O3/c1-7-3-4-18(11(20)16-7)10-9(13)8(2)12(6-19,21-10)5-15-17-14/h3-4,8-10,19H,5-6H2,1-2H3/t8-,9+,10+,12+/m0/s1. The SMILES string of the molecule is Cc1ccn([C@@H]2O[C@@](CO)(CN=[N+]=[N-])[C@@H](C)[C@H]2F)c(=O)n1.